The second-order valence-corrected chi connectivity index (χ2v) is 5.15. The number of aromatic nitrogens is 2. The van der Waals surface area contributed by atoms with Crippen LogP contribution in [0, 0.1) is 5.82 Å². The molecule has 0 aliphatic rings. The van der Waals surface area contributed by atoms with Crippen LogP contribution >= 0.6 is 11.8 Å². The van der Waals surface area contributed by atoms with Crippen LogP contribution < -0.4 is 5.32 Å². The first-order valence-corrected chi connectivity index (χ1v) is 7.04. The summed E-state index contributed by atoms with van der Waals surface area (Å²) in [5.41, 5.74) is 0.956. The van der Waals surface area contributed by atoms with Crippen LogP contribution in [0.1, 0.15) is 18.9 Å². The molecule has 0 fully saturated rings. The molecule has 100 valence electrons. The Morgan fingerprint density at radius 1 is 1.32 bits per heavy atom. The maximum atomic E-state index is 14.0. The average molecular weight is 277 g/mol. The van der Waals surface area contributed by atoms with Crippen molar-refractivity contribution in [2.24, 2.45) is 0 Å². The number of nitrogens with zero attached hydrogens (tertiary/aromatic N) is 2. The quantitative estimate of drug-likeness (QED) is 0.649. The van der Waals surface area contributed by atoms with Crippen molar-refractivity contribution in [3.8, 4) is 0 Å². The predicted molar refractivity (Wildman–Crippen MR) is 74.6 cm³/mol. The molecule has 0 atom stereocenters. The van der Waals surface area contributed by atoms with Gasteiger partial charge in [0.05, 0.1) is 0 Å². The topological polar surface area (TPSA) is 37.8 Å². The second-order valence-electron chi connectivity index (χ2n) is 4.09. The van der Waals surface area contributed by atoms with E-state index in [-0.39, 0.29) is 5.82 Å². The smallest absolute Gasteiger partial charge is 0.137 e. The van der Waals surface area contributed by atoms with E-state index < -0.39 is 0 Å². The highest BCUT2D eigenvalue weighted by molar-refractivity contribution is 7.99. The molecule has 1 heterocycles. The van der Waals surface area contributed by atoms with Crippen LogP contribution in [0.2, 0.25) is 0 Å². The van der Waals surface area contributed by atoms with Gasteiger partial charge in [-0.25, -0.2) is 14.4 Å². The standard InChI is InChI=1S/C14H16FN3S/c1-2-6-16-9-11-3-4-13(12(15)8-11)19-14-5-7-17-10-18-14/h3-5,7-8,10,16H,2,6,9H2,1H3. The van der Waals surface area contributed by atoms with Gasteiger partial charge in [-0.15, -0.1) is 0 Å². The van der Waals surface area contributed by atoms with Gasteiger partial charge in [-0.1, -0.05) is 24.8 Å². The molecule has 0 spiro atoms. The van der Waals surface area contributed by atoms with Gasteiger partial charge in [0, 0.05) is 17.6 Å². The zero-order valence-corrected chi connectivity index (χ0v) is 11.6. The molecule has 1 N–H and O–H groups in total. The fraction of sp³-hybridized carbons (Fsp3) is 0.286. The Morgan fingerprint density at radius 2 is 2.21 bits per heavy atom. The fourth-order valence-corrected chi connectivity index (χ4v) is 2.34. The van der Waals surface area contributed by atoms with Gasteiger partial charge in [-0.3, -0.25) is 0 Å². The molecule has 0 radical (unpaired) electrons. The summed E-state index contributed by atoms with van der Waals surface area (Å²) in [6.45, 7) is 3.75. The minimum atomic E-state index is -0.209. The third kappa shape index (κ3) is 4.29. The van der Waals surface area contributed by atoms with E-state index in [0.717, 1.165) is 23.6 Å². The van der Waals surface area contributed by atoms with Gasteiger partial charge in [0.2, 0.25) is 0 Å². The van der Waals surface area contributed by atoms with Crippen LogP contribution in [0.5, 0.6) is 0 Å². The Kier molecular flexibility index (Phi) is 5.30. The predicted octanol–water partition coefficient (Wildman–Crippen LogP) is 3.27. The summed E-state index contributed by atoms with van der Waals surface area (Å²) >= 11 is 1.30. The molecule has 0 aliphatic heterocycles. The number of rotatable bonds is 6. The van der Waals surface area contributed by atoms with Gasteiger partial charge in [-0.05, 0) is 36.7 Å². The van der Waals surface area contributed by atoms with Crippen molar-refractivity contribution >= 4 is 11.8 Å². The summed E-state index contributed by atoms with van der Waals surface area (Å²) in [7, 11) is 0. The molecule has 3 nitrogen and oxygen atoms in total. The van der Waals surface area contributed by atoms with Crippen LogP contribution in [0.15, 0.2) is 46.7 Å². The van der Waals surface area contributed by atoms with E-state index in [9.17, 15) is 4.39 Å². The monoisotopic (exact) mass is 277 g/mol. The van der Waals surface area contributed by atoms with E-state index in [2.05, 4.69) is 22.2 Å². The lowest BCUT2D eigenvalue weighted by atomic mass is 10.2. The van der Waals surface area contributed by atoms with Gasteiger partial charge in [0.25, 0.3) is 0 Å². The molecular formula is C14H16FN3S. The van der Waals surface area contributed by atoms with E-state index in [0.29, 0.717) is 11.4 Å². The van der Waals surface area contributed by atoms with Crippen LogP contribution in [-0.2, 0) is 6.54 Å². The van der Waals surface area contributed by atoms with Gasteiger partial charge in [0.1, 0.15) is 17.2 Å². The normalized spacial score (nSPS) is 10.6. The van der Waals surface area contributed by atoms with Crippen LogP contribution in [0.25, 0.3) is 0 Å². The third-order valence-electron chi connectivity index (χ3n) is 2.52. The van der Waals surface area contributed by atoms with E-state index in [1.54, 1.807) is 24.4 Å². The van der Waals surface area contributed by atoms with Crippen LogP contribution in [-0.4, -0.2) is 16.5 Å². The molecule has 0 unspecified atom stereocenters. The van der Waals surface area contributed by atoms with Gasteiger partial charge in [-0.2, -0.15) is 0 Å². The maximum Gasteiger partial charge on any atom is 0.137 e. The Morgan fingerprint density at radius 3 is 2.89 bits per heavy atom. The second kappa shape index (κ2) is 7.21. The fourth-order valence-electron chi connectivity index (χ4n) is 1.60. The molecule has 0 aliphatic carbocycles. The van der Waals surface area contributed by atoms with Gasteiger partial charge >= 0.3 is 0 Å². The van der Waals surface area contributed by atoms with E-state index in [4.69, 9.17) is 0 Å². The molecule has 0 saturated carbocycles. The average Bonchev–Trinajstić information content (AvgIpc) is 2.43. The van der Waals surface area contributed by atoms with Crippen molar-refractivity contribution in [3.63, 3.8) is 0 Å². The highest BCUT2D eigenvalue weighted by Crippen LogP contribution is 2.28. The molecule has 0 amide bonds. The van der Waals surface area contributed by atoms with Crippen molar-refractivity contribution in [2.75, 3.05) is 6.54 Å². The summed E-state index contributed by atoms with van der Waals surface area (Å²) in [6, 6.07) is 7.08. The summed E-state index contributed by atoms with van der Waals surface area (Å²) in [5.74, 6) is -0.209. The summed E-state index contributed by atoms with van der Waals surface area (Å²) in [6.07, 6.45) is 4.18. The van der Waals surface area contributed by atoms with Crippen LogP contribution in [0.3, 0.4) is 0 Å². The lowest BCUT2D eigenvalue weighted by Gasteiger charge is -2.06. The largest absolute Gasteiger partial charge is 0.313 e. The molecule has 1 aromatic heterocycles. The first kappa shape index (κ1) is 14.0. The summed E-state index contributed by atoms with van der Waals surface area (Å²) in [4.78, 5) is 8.49. The number of hydrogen-bond acceptors (Lipinski definition) is 4. The first-order chi connectivity index (χ1) is 9.29. The number of hydrogen-bond donors (Lipinski definition) is 1. The molecular weight excluding hydrogens is 261 g/mol. The van der Waals surface area contributed by atoms with Gasteiger partial charge in [0.15, 0.2) is 0 Å². The minimum absolute atomic E-state index is 0.209. The zero-order chi connectivity index (χ0) is 13.5. The highest BCUT2D eigenvalue weighted by atomic mass is 32.2. The highest BCUT2D eigenvalue weighted by Gasteiger charge is 2.06. The van der Waals surface area contributed by atoms with Crippen LogP contribution in [0.4, 0.5) is 4.39 Å². The SMILES string of the molecule is CCCNCc1ccc(Sc2ccncn2)c(F)c1. The summed E-state index contributed by atoms with van der Waals surface area (Å²) in [5, 5.41) is 4.00. The van der Waals surface area contributed by atoms with Crippen molar-refractivity contribution in [1.82, 2.24) is 15.3 Å². The van der Waals surface area contributed by atoms with E-state index >= 15 is 0 Å². The van der Waals surface area contributed by atoms with Crippen molar-refractivity contribution in [1.29, 1.82) is 0 Å². The Labute approximate surface area is 116 Å². The van der Waals surface area contributed by atoms with Gasteiger partial charge < -0.3 is 5.32 Å². The molecule has 0 bridgehead atoms. The lowest BCUT2D eigenvalue weighted by molar-refractivity contribution is 0.595. The molecule has 1 aromatic carbocycles. The maximum absolute atomic E-state index is 14.0. The molecule has 0 saturated heterocycles. The number of benzene rings is 1. The summed E-state index contributed by atoms with van der Waals surface area (Å²) < 4.78 is 14.0. The Balaban J connectivity index is 2.03. The van der Waals surface area contributed by atoms with Crippen molar-refractivity contribution in [3.05, 3.63) is 48.2 Å². The molecule has 2 rings (SSSR count). The first-order valence-electron chi connectivity index (χ1n) is 6.22. The molecule has 2 aromatic rings. The zero-order valence-electron chi connectivity index (χ0n) is 10.8. The van der Waals surface area contributed by atoms with Crippen molar-refractivity contribution in [2.45, 2.75) is 29.8 Å². The number of nitrogens with one attached hydrogen (secondary N) is 1. The number of halogens is 1. The van der Waals surface area contributed by atoms with E-state index in [1.165, 1.54) is 18.1 Å². The van der Waals surface area contributed by atoms with Crippen molar-refractivity contribution < 1.29 is 4.39 Å². The minimum Gasteiger partial charge on any atom is -0.313 e. The third-order valence-corrected chi connectivity index (χ3v) is 3.52. The molecule has 19 heavy (non-hydrogen) atoms. The molecule has 5 heteroatoms. The Hall–Kier alpha value is -1.46. The Bertz CT molecular complexity index is 519. The van der Waals surface area contributed by atoms with E-state index in [1.807, 2.05) is 6.07 Å². The lowest BCUT2D eigenvalue weighted by Crippen LogP contribution is -2.13.